The van der Waals surface area contributed by atoms with E-state index in [4.69, 9.17) is 9.47 Å². The predicted molar refractivity (Wildman–Crippen MR) is 113 cm³/mol. The summed E-state index contributed by atoms with van der Waals surface area (Å²) in [4.78, 5) is 27.5. The highest BCUT2D eigenvalue weighted by Gasteiger charge is 2.15. The van der Waals surface area contributed by atoms with Crippen molar-refractivity contribution in [2.45, 2.75) is 18.7 Å². The van der Waals surface area contributed by atoms with Gasteiger partial charge in [0.25, 0.3) is 0 Å². The van der Waals surface area contributed by atoms with Crippen molar-refractivity contribution < 1.29 is 19.1 Å². The van der Waals surface area contributed by atoms with Crippen LogP contribution in [0.15, 0.2) is 70.1 Å². The minimum atomic E-state index is -0.442. The lowest BCUT2D eigenvalue weighted by atomic mass is 10.1. The molecule has 5 nitrogen and oxygen atoms in total. The Hall–Kier alpha value is -2.73. The van der Waals surface area contributed by atoms with Gasteiger partial charge in [-0.15, -0.1) is 0 Å². The van der Waals surface area contributed by atoms with Crippen LogP contribution >= 0.6 is 11.8 Å². The molecule has 0 spiro atoms. The predicted octanol–water partition coefficient (Wildman–Crippen LogP) is 4.39. The zero-order chi connectivity index (χ0) is 20.5. The highest BCUT2D eigenvalue weighted by atomic mass is 32.2. The fourth-order valence-corrected chi connectivity index (χ4v) is 3.32. The molecule has 0 aromatic heterocycles. The topological polar surface area (TPSA) is 55.8 Å². The van der Waals surface area contributed by atoms with Crippen LogP contribution < -0.4 is 0 Å². The van der Waals surface area contributed by atoms with Crippen LogP contribution in [0.5, 0.6) is 0 Å². The van der Waals surface area contributed by atoms with Gasteiger partial charge in [-0.1, -0.05) is 42.1 Å². The van der Waals surface area contributed by atoms with Crippen LogP contribution in [0.2, 0.25) is 0 Å². The van der Waals surface area contributed by atoms with Crippen molar-refractivity contribution in [3.63, 3.8) is 0 Å². The van der Waals surface area contributed by atoms with Crippen molar-refractivity contribution in [2.24, 2.45) is 0 Å². The molecule has 0 bridgehead atoms. The fourth-order valence-electron chi connectivity index (χ4n) is 2.46. The molecule has 0 atom stereocenters. The largest absolute Gasteiger partial charge is 0.462 e. The summed E-state index contributed by atoms with van der Waals surface area (Å²) < 4.78 is 10.2. The Morgan fingerprint density at radius 1 is 0.929 bits per heavy atom. The Labute approximate surface area is 170 Å². The first-order valence-electron chi connectivity index (χ1n) is 9.06. The monoisotopic (exact) mass is 399 g/mol. The van der Waals surface area contributed by atoms with Crippen LogP contribution in [0, 0.1) is 0 Å². The van der Waals surface area contributed by atoms with Crippen LogP contribution in [-0.2, 0) is 19.1 Å². The summed E-state index contributed by atoms with van der Waals surface area (Å²) in [6.45, 7) is 4.07. The number of esters is 2. The van der Waals surface area contributed by atoms with E-state index in [0.717, 1.165) is 15.7 Å². The normalized spacial score (nSPS) is 12.0. The maximum Gasteiger partial charge on any atom is 0.354 e. The van der Waals surface area contributed by atoms with Gasteiger partial charge in [-0.2, -0.15) is 0 Å². The third-order valence-corrected chi connectivity index (χ3v) is 4.80. The summed E-state index contributed by atoms with van der Waals surface area (Å²) in [5.41, 5.74) is 0.350. The fraction of sp³-hybridized carbons (Fsp3) is 0.273. The van der Waals surface area contributed by atoms with Gasteiger partial charge in [0.1, 0.15) is 5.70 Å². The summed E-state index contributed by atoms with van der Waals surface area (Å²) in [6, 6.07) is 14.0. The Balaban J connectivity index is 2.36. The zero-order valence-electron chi connectivity index (χ0n) is 16.6. The van der Waals surface area contributed by atoms with Crippen LogP contribution in [0.4, 0.5) is 0 Å². The number of benzene rings is 2. The second-order valence-corrected chi connectivity index (χ2v) is 7.14. The van der Waals surface area contributed by atoms with Crippen LogP contribution in [-0.4, -0.2) is 44.1 Å². The molecule has 0 fully saturated rings. The lowest BCUT2D eigenvalue weighted by Crippen LogP contribution is -2.21. The molecule has 2 aromatic carbocycles. The van der Waals surface area contributed by atoms with Crippen molar-refractivity contribution >= 4 is 34.5 Å². The molecule has 0 radical (unpaired) electrons. The molecule has 0 unspecified atom stereocenters. The van der Waals surface area contributed by atoms with E-state index in [9.17, 15) is 9.59 Å². The van der Waals surface area contributed by atoms with Crippen LogP contribution in [0.1, 0.15) is 13.8 Å². The lowest BCUT2D eigenvalue weighted by molar-refractivity contribution is -0.140. The molecule has 0 saturated carbocycles. The SMILES string of the molecule is CCOC(=O)C(=CC=C(C(=O)OCC)N(C)C)Sc1ccc2ccccc2c1. The van der Waals surface area contributed by atoms with E-state index in [1.165, 1.54) is 11.8 Å². The van der Waals surface area contributed by atoms with Crippen LogP contribution in [0.25, 0.3) is 10.8 Å². The maximum atomic E-state index is 12.4. The highest BCUT2D eigenvalue weighted by Crippen LogP contribution is 2.30. The average molecular weight is 400 g/mol. The van der Waals surface area contributed by atoms with Gasteiger partial charge in [-0.25, -0.2) is 9.59 Å². The van der Waals surface area contributed by atoms with E-state index in [-0.39, 0.29) is 13.2 Å². The Bertz CT molecular complexity index is 902. The average Bonchev–Trinajstić information content (AvgIpc) is 2.67. The standard InChI is InChI=1S/C22H25NO4S/c1-5-26-21(24)19(23(3)4)13-14-20(22(25)27-6-2)28-18-12-11-16-9-7-8-10-17(16)15-18/h7-15H,5-6H2,1-4H3. The maximum absolute atomic E-state index is 12.4. The Morgan fingerprint density at radius 3 is 2.21 bits per heavy atom. The third kappa shape index (κ3) is 5.89. The van der Waals surface area contributed by atoms with Gasteiger partial charge in [0.2, 0.25) is 0 Å². The number of thioether (sulfide) groups is 1. The summed E-state index contributed by atoms with van der Waals surface area (Å²) in [6.07, 6.45) is 3.18. The molecule has 0 heterocycles. The van der Waals surface area contributed by atoms with E-state index >= 15 is 0 Å². The highest BCUT2D eigenvalue weighted by molar-refractivity contribution is 8.04. The van der Waals surface area contributed by atoms with Gasteiger partial charge in [0.05, 0.1) is 18.1 Å². The molecule has 0 N–H and O–H groups in total. The molecule has 2 rings (SSSR count). The number of nitrogens with zero attached hydrogens (tertiary/aromatic N) is 1. The smallest absolute Gasteiger partial charge is 0.354 e. The summed E-state index contributed by atoms with van der Waals surface area (Å²) in [5.74, 6) is -0.874. The molecule has 0 aliphatic heterocycles. The summed E-state index contributed by atoms with van der Waals surface area (Å²) >= 11 is 1.30. The van der Waals surface area contributed by atoms with Gasteiger partial charge in [0.15, 0.2) is 0 Å². The minimum absolute atomic E-state index is 0.274. The number of ether oxygens (including phenoxy) is 2. The zero-order valence-corrected chi connectivity index (χ0v) is 17.4. The van der Waals surface area contributed by atoms with Crippen molar-refractivity contribution in [2.75, 3.05) is 27.3 Å². The number of rotatable bonds is 8. The number of likely N-dealkylation sites (N-methyl/N-ethyl adjacent to an activating group) is 1. The quantitative estimate of drug-likeness (QED) is 0.284. The molecule has 0 saturated heterocycles. The van der Waals surface area contributed by atoms with E-state index in [1.54, 1.807) is 45.0 Å². The molecule has 148 valence electrons. The van der Waals surface area contributed by atoms with Crippen molar-refractivity contribution in [3.05, 3.63) is 65.2 Å². The molecule has 28 heavy (non-hydrogen) atoms. The Kier molecular flexibility index (Phi) is 8.14. The van der Waals surface area contributed by atoms with E-state index < -0.39 is 11.9 Å². The lowest BCUT2D eigenvalue weighted by Gasteiger charge is -2.15. The third-order valence-electron chi connectivity index (χ3n) is 3.78. The number of carbonyl (C=O) groups is 2. The van der Waals surface area contributed by atoms with Crippen molar-refractivity contribution in [1.82, 2.24) is 4.90 Å². The van der Waals surface area contributed by atoms with E-state index in [2.05, 4.69) is 0 Å². The van der Waals surface area contributed by atoms with Crippen molar-refractivity contribution in [3.8, 4) is 0 Å². The number of hydrogen-bond donors (Lipinski definition) is 0. The van der Waals surface area contributed by atoms with E-state index in [0.29, 0.717) is 10.6 Å². The number of allylic oxidation sites excluding steroid dienone is 2. The summed E-state index contributed by atoms with van der Waals surface area (Å²) in [7, 11) is 3.49. The first-order chi connectivity index (χ1) is 13.5. The second-order valence-electron chi connectivity index (χ2n) is 6.03. The Morgan fingerprint density at radius 2 is 1.57 bits per heavy atom. The first kappa shape index (κ1) is 21.6. The second kappa shape index (κ2) is 10.6. The molecule has 2 aromatic rings. The van der Waals surface area contributed by atoms with Gasteiger partial charge >= 0.3 is 11.9 Å². The molecule has 6 heteroatoms. The molecular formula is C22H25NO4S. The number of carbonyl (C=O) groups excluding carboxylic acids is 2. The molecule has 0 amide bonds. The van der Waals surface area contributed by atoms with Gasteiger partial charge in [-0.05, 0) is 48.9 Å². The van der Waals surface area contributed by atoms with E-state index in [1.807, 2.05) is 42.5 Å². The molecule has 0 aliphatic carbocycles. The molecular weight excluding hydrogens is 374 g/mol. The van der Waals surface area contributed by atoms with Crippen molar-refractivity contribution in [1.29, 1.82) is 0 Å². The van der Waals surface area contributed by atoms with Gasteiger partial charge in [0, 0.05) is 19.0 Å². The van der Waals surface area contributed by atoms with Gasteiger partial charge in [-0.3, -0.25) is 0 Å². The number of fused-ring (bicyclic) bond motifs is 1. The molecule has 0 aliphatic rings. The minimum Gasteiger partial charge on any atom is -0.462 e. The number of hydrogen-bond acceptors (Lipinski definition) is 6. The van der Waals surface area contributed by atoms with Gasteiger partial charge < -0.3 is 14.4 Å². The first-order valence-corrected chi connectivity index (χ1v) is 9.88. The summed E-state index contributed by atoms with van der Waals surface area (Å²) in [5, 5.41) is 2.22. The van der Waals surface area contributed by atoms with Crippen LogP contribution in [0.3, 0.4) is 0 Å².